The van der Waals surface area contributed by atoms with Crippen molar-refractivity contribution in [3.63, 3.8) is 0 Å². The molecule has 0 saturated carbocycles. The average Bonchev–Trinajstić information content (AvgIpc) is 2.94. The van der Waals surface area contributed by atoms with Crippen LogP contribution < -0.4 is 11.1 Å². The second-order valence-electron chi connectivity index (χ2n) is 4.00. The number of nitrogens with zero attached hydrogens (tertiary/aromatic N) is 2. The highest BCUT2D eigenvalue weighted by molar-refractivity contribution is 7.07. The van der Waals surface area contributed by atoms with Crippen LogP contribution in [-0.4, -0.2) is 29.1 Å². The highest BCUT2D eigenvalue weighted by Crippen LogP contribution is 2.20. The fourth-order valence-corrected chi connectivity index (χ4v) is 2.26. The first-order valence-electron chi connectivity index (χ1n) is 6.25. The van der Waals surface area contributed by atoms with E-state index in [4.69, 9.17) is 10.5 Å². The Bertz CT molecular complexity index is 572. The number of nitrogens with two attached hydrogens (primary N) is 1. The van der Waals surface area contributed by atoms with E-state index in [1.165, 1.54) is 6.20 Å². The van der Waals surface area contributed by atoms with Gasteiger partial charge in [0.1, 0.15) is 5.82 Å². The molecule has 0 radical (unpaired) electrons. The molecule has 3 N–H and O–H groups in total. The van der Waals surface area contributed by atoms with Gasteiger partial charge in [0.05, 0.1) is 29.1 Å². The Kier molecular flexibility index (Phi) is 4.89. The Morgan fingerprint density at radius 2 is 2.35 bits per heavy atom. The Hall–Kier alpha value is -2.15. The summed E-state index contributed by atoms with van der Waals surface area (Å²) in [7, 11) is 0. The molecule has 0 saturated heterocycles. The number of nitrogen functional groups attached to an aromatic ring is 1. The maximum Gasteiger partial charge on any atom is 0.340 e. The van der Waals surface area contributed by atoms with Gasteiger partial charge in [0.25, 0.3) is 0 Å². The molecule has 0 fully saturated rings. The normalized spacial score (nSPS) is 10.2. The molecule has 0 aliphatic rings. The van der Waals surface area contributed by atoms with Crippen LogP contribution in [0.1, 0.15) is 23.0 Å². The second kappa shape index (κ2) is 6.85. The maximum absolute atomic E-state index is 11.7. The summed E-state index contributed by atoms with van der Waals surface area (Å²) in [6.07, 6.45) is 2.31. The third kappa shape index (κ3) is 3.45. The van der Waals surface area contributed by atoms with Crippen molar-refractivity contribution in [3.05, 3.63) is 34.4 Å². The molecule has 6 nitrogen and oxygen atoms in total. The van der Waals surface area contributed by atoms with Crippen LogP contribution in [0, 0.1) is 0 Å². The highest BCUT2D eigenvalue weighted by atomic mass is 32.1. The number of nitrogens with one attached hydrogen (secondary N) is 1. The van der Waals surface area contributed by atoms with Crippen molar-refractivity contribution in [3.8, 4) is 0 Å². The van der Waals surface area contributed by atoms with Crippen LogP contribution >= 0.6 is 11.3 Å². The van der Waals surface area contributed by atoms with Crippen molar-refractivity contribution in [2.24, 2.45) is 0 Å². The largest absolute Gasteiger partial charge is 0.462 e. The number of anilines is 2. The van der Waals surface area contributed by atoms with E-state index >= 15 is 0 Å². The van der Waals surface area contributed by atoms with E-state index in [1.54, 1.807) is 29.8 Å². The van der Waals surface area contributed by atoms with Crippen LogP contribution in [-0.2, 0) is 11.2 Å². The van der Waals surface area contributed by atoms with Crippen molar-refractivity contribution >= 4 is 28.8 Å². The number of esters is 1. The van der Waals surface area contributed by atoms with Gasteiger partial charge in [0, 0.05) is 24.5 Å². The van der Waals surface area contributed by atoms with E-state index in [9.17, 15) is 4.79 Å². The lowest BCUT2D eigenvalue weighted by Gasteiger charge is -2.10. The van der Waals surface area contributed by atoms with Crippen molar-refractivity contribution in [1.82, 2.24) is 9.97 Å². The molecule has 0 unspecified atom stereocenters. The summed E-state index contributed by atoms with van der Waals surface area (Å²) < 4.78 is 4.94. The molecule has 2 heterocycles. The van der Waals surface area contributed by atoms with Crippen LogP contribution in [0.2, 0.25) is 0 Å². The van der Waals surface area contributed by atoms with Gasteiger partial charge in [-0.15, -0.1) is 11.3 Å². The molecule has 106 valence electrons. The molecule has 7 heteroatoms. The Morgan fingerprint density at radius 1 is 1.50 bits per heavy atom. The summed E-state index contributed by atoms with van der Waals surface area (Å²) in [4.78, 5) is 20.0. The zero-order valence-corrected chi connectivity index (χ0v) is 11.9. The van der Waals surface area contributed by atoms with E-state index in [2.05, 4.69) is 15.3 Å². The summed E-state index contributed by atoms with van der Waals surface area (Å²) in [5.41, 5.74) is 9.39. The Balaban J connectivity index is 2.01. The summed E-state index contributed by atoms with van der Waals surface area (Å²) in [5.74, 6) is 0.0562. The van der Waals surface area contributed by atoms with Crippen molar-refractivity contribution in [2.75, 3.05) is 24.2 Å². The summed E-state index contributed by atoms with van der Waals surface area (Å²) >= 11 is 1.56. The molecular weight excluding hydrogens is 276 g/mol. The first kappa shape index (κ1) is 14.3. The lowest BCUT2D eigenvalue weighted by molar-refractivity contribution is 0.0527. The van der Waals surface area contributed by atoms with E-state index in [1.807, 2.05) is 5.38 Å². The zero-order valence-electron chi connectivity index (χ0n) is 11.1. The molecule has 2 aromatic rings. The number of hydrogen-bond donors (Lipinski definition) is 2. The lowest BCUT2D eigenvalue weighted by atomic mass is 10.2. The van der Waals surface area contributed by atoms with Gasteiger partial charge in [-0.25, -0.2) is 14.8 Å². The summed E-state index contributed by atoms with van der Waals surface area (Å²) in [6.45, 7) is 2.71. The molecule has 0 bridgehead atoms. The minimum absolute atomic E-state index is 0.309. The minimum atomic E-state index is -0.435. The van der Waals surface area contributed by atoms with Crippen LogP contribution in [0.5, 0.6) is 0 Å². The van der Waals surface area contributed by atoms with Gasteiger partial charge in [-0.2, -0.15) is 0 Å². The van der Waals surface area contributed by atoms with Crippen LogP contribution in [0.25, 0.3) is 0 Å². The Labute approximate surface area is 121 Å². The molecule has 0 aromatic carbocycles. The third-order valence-corrected chi connectivity index (χ3v) is 3.28. The third-order valence-electron chi connectivity index (χ3n) is 2.64. The number of hydrogen-bond acceptors (Lipinski definition) is 7. The molecule has 0 spiro atoms. The van der Waals surface area contributed by atoms with E-state index in [-0.39, 0.29) is 0 Å². The van der Waals surface area contributed by atoms with E-state index in [0.717, 1.165) is 12.1 Å². The highest BCUT2D eigenvalue weighted by Gasteiger charge is 2.14. The second-order valence-corrected chi connectivity index (χ2v) is 4.72. The number of carbonyl (C=O) groups is 1. The van der Waals surface area contributed by atoms with Crippen LogP contribution in [0.3, 0.4) is 0 Å². The van der Waals surface area contributed by atoms with Gasteiger partial charge >= 0.3 is 5.97 Å². The van der Waals surface area contributed by atoms with Crippen LogP contribution in [0.15, 0.2) is 23.2 Å². The minimum Gasteiger partial charge on any atom is -0.462 e. The van der Waals surface area contributed by atoms with E-state index < -0.39 is 5.97 Å². The number of thiazole rings is 1. The predicted molar refractivity (Wildman–Crippen MR) is 78.9 cm³/mol. The van der Waals surface area contributed by atoms with Crippen molar-refractivity contribution in [1.29, 1.82) is 0 Å². The van der Waals surface area contributed by atoms with Gasteiger partial charge in [0.15, 0.2) is 0 Å². The molecule has 2 aromatic heterocycles. The standard InChI is InChI=1S/C13H16N4O2S/c1-2-19-13(18)10-4-6-16-12(11(10)14)15-5-3-9-7-20-8-17-9/h4,6-8H,2-3,5,14H2,1H3,(H,15,16). The number of pyridine rings is 1. The molecule has 0 aliphatic heterocycles. The van der Waals surface area contributed by atoms with E-state index in [0.29, 0.717) is 30.2 Å². The molecule has 20 heavy (non-hydrogen) atoms. The average molecular weight is 292 g/mol. The predicted octanol–water partition coefficient (Wildman–Crippen LogP) is 1.95. The molecule has 0 amide bonds. The molecule has 0 atom stereocenters. The van der Waals surface area contributed by atoms with Crippen molar-refractivity contribution < 1.29 is 9.53 Å². The topological polar surface area (TPSA) is 90.1 Å². The summed E-state index contributed by atoms with van der Waals surface area (Å²) in [5, 5.41) is 5.10. The number of aromatic nitrogens is 2. The number of ether oxygens (including phenoxy) is 1. The fraction of sp³-hybridized carbons (Fsp3) is 0.308. The molecule has 2 rings (SSSR count). The summed E-state index contributed by atoms with van der Waals surface area (Å²) in [6, 6.07) is 1.55. The van der Waals surface area contributed by atoms with Gasteiger partial charge in [-0.05, 0) is 13.0 Å². The monoisotopic (exact) mass is 292 g/mol. The number of rotatable bonds is 6. The quantitative estimate of drug-likeness (QED) is 0.791. The van der Waals surface area contributed by atoms with Gasteiger partial charge in [0.2, 0.25) is 0 Å². The van der Waals surface area contributed by atoms with Crippen LogP contribution in [0.4, 0.5) is 11.5 Å². The first-order valence-corrected chi connectivity index (χ1v) is 7.19. The van der Waals surface area contributed by atoms with Gasteiger partial charge in [-0.3, -0.25) is 0 Å². The molecular formula is C13H16N4O2S. The fourth-order valence-electron chi connectivity index (χ4n) is 1.67. The Morgan fingerprint density at radius 3 is 3.05 bits per heavy atom. The first-order chi connectivity index (χ1) is 9.72. The van der Waals surface area contributed by atoms with Crippen molar-refractivity contribution in [2.45, 2.75) is 13.3 Å². The lowest BCUT2D eigenvalue weighted by Crippen LogP contribution is -2.13. The van der Waals surface area contributed by atoms with Gasteiger partial charge in [-0.1, -0.05) is 0 Å². The SMILES string of the molecule is CCOC(=O)c1ccnc(NCCc2cscn2)c1N. The zero-order chi connectivity index (χ0) is 14.4. The smallest absolute Gasteiger partial charge is 0.340 e. The molecule has 0 aliphatic carbocycles. The number of carbonyl (C=O) groups excluding carboxylic acids is 1. The van der Waals surface area contributed by atoms with Gasteiger partial charge < -0.3 is 15.8 Å². The maximum atomic E-state index is 11.7.